The summed E-state index contributed by atoms with van der Waals surface area (Å²) in [7, 11) is 0. The van der Waals surface area contributed by atoms with Gasteiger partial charge in [0.25, 0.3) is 0 Å². The molecule has 1 N–H and O–H groups in total. The molecule has 0 amide bonds. The van der Waals surface area contributed by atoms with Crippen LogP contribution in [0.25, 0.3) is 10.8 Å². The summed E-state index contributed by atoms with van der Waals surface area (Å²) in [6, 6.07) is 15.3. The first-order chi connectivity index (χ1) is 8.83. The van der Waals surface area contributed by atoms with Crippen LogP contribution in [0.15, 0.2) is 42.5 Å². The topological polar surface area (TPSA) is 12.0 Å². The molecular weight excluding hydrogens is 218 g/mol. The average molecular weight is 237 g/mol. The van der Waals surface area contributed by atoms with E-state index in [4.69, 9.17) is 6.42 Å². The number of rotatable bonds is 5. The number of fused-ring (bicyclic) bond motifs is 1. The number of hydrogen-bond acceptors (Lipinski definition) is 1. The molecule has 2 aromatic carbocycles. The van der Waals surface area contributed by atoms with Gasteiger partial charge in [0.1, 0.15) is 0 Å². The smallest absolute Gasteiger partial charge is 0.0297 e. The summed E-state index contributed by atoms with van der Waals surface area (Å²) < 4.78 is 0. The van der Waals surface area contributed by atoms with Crippen LogP contribution >= 0.6 is 0 Å². The second-order valence-electron chi connectivity index (χ2n) is 4.55. The molecule has 1 unspecified atom stereocenters. The predicted molar refractivity (Wildman–Crippen MR) is 78.4 cm³/mol. The third kappa shape index (κ3) is 2.91. The number of unbranched alkanes of at least 4 members (excludes halogenated alkanes) is 1. The van der Waals surface area contributed by atoms with E-state index in [9.17, 15) is 0 Å². The third-order valence-electron chi connectivity index (χ3n) is 3.24. The Morgan fingerprint density at radius 1 is 1.17 bits per heavy atom. The molecule has 0 saturated heterocycles. The van der Waals surface area contributed by atoms with E-state index in [1.165, 1.54) is 16.3 Å². The average Bonchev–Trinajstić information content (AvgIpc) is 2.43. The largest absolute Gasteiger partial charge is 0.310 e. The van der Waals surface area contributed by atoms with Gasteiger partial charge < -0.3 is 5.32 Å². The van der Waals surface area contributed by atoms with Crippen molar-refractivity contribution in [2.75, 3.05) is 6.54 Å². The quantitative estimate of drug-likeness (QED) is 0.614. The van der Waals surface area contributed by atoms with Gasteiger partial charge in [0.2, 0.25) is 0 Å². The molecule has 0 radical (unpaired) electrons. The minimum Gasteiger partial charge on any atom is -0.310 e. The SMILES string of the molecule is C#CCCCNC(C)c1cccc2ccccc12. The summed E-state index contributed by atoms with van der Waals surface area (Å²) >= 11 is 0. The standard InChI is InChI=1S/C17H19N/c1-3-4-7-13-18-14(2)16-12-8-10-15-9-5-6-11-17(15)16/h1,5-6,8-12,14,18H,4,7,13H2,2H3. The van der Waals surface area contributed by atoms with Crippen molar-refractivity contribution in [3.05, 3.63) is 48.0 Å². The summed E-state index contributed by atoms with van der Waals surface area (Å²) in [5.74, 6) is 2.67. The Bertz CT molecular complexity index is 546. The highest BCUT2D eigenvalue weighted by Gasteiger charge is 2.07. The summed E-state index contributed by atoms with van der Waals surface area (Å²) in [6.45, 7) is 3.17. The predicted octanol–water partition coefficient (Wildman–Crippen LogP) is 3.90. The van der Waals surface area contributed by atoms with E-state index in [1.807, 2.05) is 0 Å². The van der Waals surface area contributed by atoms with Crippen LogP contribution in [-0.2, 0) is 0 Å². The summed E-state index contributed by atoms with van der Waals surface area (Å²) in [5.41, 5.74) is 1.36. The van der Waals surface area contributed by atoms with Crippen molar-refractivity contribution in [2.45, 2.75) is 25.8 Å². The van der Waals surface area contributed by atoms with Gasteiger partial charge in [-0.25, -0.2) is 0 Å². The molecule has 0 spiro atoms. The minimum atomic E-state index is 0.355. The molecule has 1 atom stereocenters. The van der Waals surface area contributed by atoms with Crippen molar-refractivity contribution in [3.63, 3.8) is 0 Å². The van der Waals surface area contributed by atoms with E-state index in [2.05, 4.69) is 60.6 Å². The first kappa shape index (κ1) is 12.7. The Kier molecular flexibility index (Phi) is 4.39. The number of terminal acetylenes is 1. The zero-order valence-electron chi connectivity index (χ0n) is 10.8. The van der Waals surface area contributed by atoms with Crippen molar-refractivity contribution in [1.82, 2.24) is 5.32 Å². The van der Waals surface area contributed by atoms with Gasteiger partial charge in [-0.3, -0.25) is 0 Å². The maximum Gasteiger partial charge on any atom is 0.0297 e. The maximum atomic E-state index is 5.25. The number of nitrogens with one attached hydrogen (secondary N) is 1. The van der Waals surface area contributed by atoms with Gasteiger partial charge >= 0.3 is 0 Å². The minimum absolute atomic E-state index is 0.355. The second kappa shape index (κ2) is 6.23. The fraction of sp³-hybridized carbons (Fsp3) is 0.294. The van der Waals surface area contributed by atoms with Crippen molar-refractivity contribution in [1.29, 1.82) is 0 Å². The van der Waals surface area contributed by atoms with Gasteiger partial charge in [-0.2, -0.15) is 0 Å². The molecule has 1 nitrogen and oxygen atoms in total. The molecule has 92 valence electrons. The van der Waals surface area contributed by atoms with Gasteiger partial charge in [-0.15, -0.1) is 12.3 Å². The molecule has 0 aliphatic heterocycles. The molecular formula is C17H19N. The monoisotopic (exact) mass is 237 g/mol. The van der Waals surface area contributed by atoms with Crippen LogP contribution in [0, 0.1) is 12.3 Å². The van der Waals surface area contributed by atoms with Crippen LogP contribution in [0.2, 0.25) is 0 Å². The first-order valence-electron chi connectivity index (χ1n) is 6.47. The molecule has 0 aliphatic rings. The zero-order chi connectivity index (χ0) is 12.8. The van der Waals surface area contributed by atoms with Crippen LogP contribution in [0.3, 0.4) is 0 Å². The van der Waals surface area contributed by atoms with Gasteiger partial charge in [0.15, 0.2) is 0 Å². The van der Waals surface area contributed by atoms with Crippen LogP contribution in [0.1, 0.15) is 31.4 Å². The van der Waals surface area contributed by atoms with E-state index in [1.54, 1.807) is 0 Å². The fourth-order valence-electron chi connectivity index (χ4n) is 2.25. The summed E-state index contributed by atoms with van der Waals surface area (Å²) in [6.07, 6.45) is 7.13. The van der Waals surface area contributed by atoms with E-state index in [0.29, 0.717) is 6.04 Å². The van der Waals surface area contributed by atoms with Crippen molar-refractivity contribution >= 4 is 10.8 Å². The lowest BCUT2D eigenvalue weighted by Gasteiger charge is -2.16. The van der Waals surface area contributed by atoms with Crippen LogP contribution < -0.4 is 5.32 Å². The molecule has 0 saturated carbocycles. The van der Waals surface area contributed by atoms with E-state index < -0.39 is 0 Å². The maximum absolute atomic E-state index is 5.25. The second-order valence-corrected chi connectivity index (χ2v) is 4.55. The van der Waals surface area contributed by atoms with Gasteiger partial charge in [0, 0.05) is 12.5 Å². The Morgan fingerprint density at radius 2 is 1.94 bits per heavy atom. The lowest BCUT2D eigenvalue weighted by molar-refractivity contribution is 0.565. The highest BCUT2D eigenvalue weighted by Crippen LogP contribution is 2.23. The number of benzene rings is 2. The molecule has 0 aromatic heterocycles. The molecule has 0 heterocycles. The Labute approximate surface area is 109 Å². The third-order valence-corrected chi connectivity index (χ3v) is 3.24. The zero-order valence-corrected chi connectivity index (χ0v) is 10.8. The first-order valence-corrected chi connectivity index (χ1v) is 6.47. The summed E-state index contributed by atoms with van der Waals surface area (Å²) in [4.78, 5) is 0. The molecule has 0 fully saturated rings. The summed E-state index contributed by atoms with van der Waals surface area (Å²) in [5, 5.41) is 6.16. The van der Waals surface area contributed by atoms with Gasteiger partial charge in [0.05, 0.1) is 0 Å². The van der Waals surface area contributed by atoms with Gasteiger partial charge in [-0.05, 0) is 36.2 Å². The van der Waals surface area contributed by atoms with E-state index >= 15 is 0 Å². The Balaban J connectivity index is 2.13. The van der Waals surface area contributed by atoms with E-state index in [-0.39, 0.29) is 0 Å². The molecule has 1 heteroatoms. The Morgan fingerprint density at radius 3 is 2.78 bits per heavy atom. The number of hydrogen-bond donors (Lipinski definition) is 1. The highest BCUT2D eigenvalue weighted by atomic mass is 14.9. The lowest BCUT2D eigenvalue weighted by Crippen LogP contribution is -2.19. The fourth-order valence-corrected chi connectivity index (χ4v) is 2.25. The van der Waals surface area contributed by atoms with Crippen LogP contribution in [-0.4, -0.2) is 6.54 Å². The van der Waals surface area contributed by atoms with Crippen LogP contribution in [0.5, 0.6) is 0 Å². The highest BCUT2D eigenvalue weighted by molar-refractivity contribution is 5.86. The molecule has 18 heavy (non-hydrogen) atoms. The molecule has 0 aliphatic carbocycles. The molecule has 2 aromatic rings. The van der Waals surface area contributed by atoms with Gasteiger partial charge in [-0.1, -0.05) is 42.5 Å². The van der Waals surface area contributed by atoms with Crippen molar-refractivity contribution in [2.24, 2.45) is 0 Å². The van der Waals surface area contributed by atoms with E-state index in [0.717, 1.165) is 19.4 Å². The molecule has 2 rings (SSSR count). The Hall–Kier alpha value is -1.78. The lowest BCUT2D eigenvalue weighted by atomic mass is 9.99. The molecule has 0 bridgehead atoms. The van der Waals surface area contributed by atoms with Crippen molar-refractivity contribution in [3.8, 4) is 12.3 Å². The normalized spacial score (nSPS) is 12.2. The van der Waals surface area contributed by atoms with Crippen molar-refractivity contribution < 1.29 is 0 Å². The van der Waals surface area contributed by atoms with Crippen LogP contribution in [0.4, 0.5) is 0 Å².